The van der Waals surface area contributed by atoms with Gasteiger partial charge in [0.05, 0.1) is 5.56 Å². The van der Waals surface area contributed by atoms with Crippen molar-refractivity contribution in [2.24, 2.45) is 0 Å². The van der Waals surface area contributed by atoms with E-state index < -0.39 is 24.2 Å². The van der Waals surface area contributed by atoms with Gasteiger partial charge in [0.25, 0.3) is 11.7 Å². The maximum Gasteiger partial charge on any atom is 0.339 e. The highest BCUT2D eigenvalue weighted by atomic mass is 32.2. The lowest BCUT2D eigenvalue weighted by atomic mass is 10.1. The molecule has 0 aliphatic rings. The number of anilines is 1. The third-order valence-electron chi connectivity index (χ3n) is 3.72. The number of carbonyl (C=O) groups is 2. The van der Waals surface area contributed by atoms with Crippen molar-refractivity contribution in [1.82, 2.24) is 0 Å². The molecule has 0 aromatic heterocycles. The Hall–Kier alpha value is -2.93. The summed E-state index contributed by atoms with van der Waals surface area (Å²) in [6, 6.07) is 18.9. The second kappa shape index (κ2) is 8.64. The minimum Gasteiger partial charge on any atom is -0.452 e. The highest BCUT2D eigenvalue weighted by Gasteiger charge is 2.17. The van der Waals surface area contributed by atoms with Crippen LogP contribution in [0.2, 0.25) is 0 Å². The predicted molar refractivity (Wildman–Crippen MR) is 101 cm³/mol. The molecule has 138 valence electrons. The van der Waals surface area contributed by atoms with Gasteiger partial charge < -0.3 is 10.1 Å². The van der Waals surface area contributed by atoms with Crippen LogP contribution < -0.4 is 5.32 Å². The molecule has 0 unspecified atom stereocenters. The van der Waals surface area contributed by atoms with E-state index >= 15 is 0 Å². The quantitative estimate of drug-likeness (QED) is 0.480. The standard InChI is InChI=1S/C20H15F2NO3S/c21-20(22)27-17-11-4-3-9-15(17)19(25)26-12-18(24)23-16-10-5-7-13-6-1-2-8-14(13)16/h1-11,20H,12H2,(H,23,24). The lowest BCUT2D eigenvalue weighted by Gasteiger charge is -2.10. The number of thioether (sulfide) groups is 1. The molecule has 27 heavy (non-hydrogen) atoms. The highest BCUT2D eigenvalue weighted by Crippen LogP contribution is 2.28. The minimum absolute atomic E-state index is 0.000705. The van der Waals surface area contributed by atoms with E-state index in [0.717, 1.165) is 10.8 Å². The topological polar surface area (TPSA) is 55.4 Å². The Morgan fingerprint density at radius 3 is 2.48 bits per heavy atom. The van der Waals surface area contributed by atoms with Crippen molar-refractivity contribution in [3.63, 3.8) is 0 Å². The Kier molecular flexibility index (Phi) is 6.03. The Balaban J connectivity index is 1.65. The van der Waals surface area contributed by atoms with Crippen LogP contribution in [0.1, 0.15) is 10.4 Å². The number of fused-ring (bicyclic) bond motifs is 1. The third kappa shape index (κ3) is 4.83. The number of ether oxygens (including phenoxy) is 1. The molecule has 0 bridgehead atoms. The van der Waals surface area contributed by atoms with E-state index in [-0.39, 0.29) is 22.2 Å². The van der Waals surface area contributed by atoms with Crippen molar-refractivity contribution in [2.45, 2.75) is 10.7 Å². The van der Waals surface area contributed by atoms with Gasteiger partial charge in [-0.25, -0.2) is 4.79 Å². The van der Waals surface area contributed by atoms with E-state index in [0.29, 0.717) is 5.69 Å². The molecular weight excluding hydrogens is 372 g/mol. The smallest absolute Gasteiger partial charge is 0.339 e. The van der Waals surface area contributed by atoms with E-state index in [4.69, 9.17) is 4.74 Å². The minimum atomic E-state index is -2.66. The number of halogens is 2. The number of rotatable bonds is 6. The van der Waals surface area contributed by atoms with Crippen LogP contribution in [0, 0.1) is 0 Å². The number of hydrogen-bond donors (Lipinski definition) is 1. The van der Waals surface area contributed by atoms with Gasteiger partial charge in [-0.05, 0) is 23.6 Å². The molecule has 0 heterocycles. The van der Waals surface area contributed by atoms with Crippen molar-refractivity contribution >= 4 is 40.1 Å². The van der Waals surface area contributed by atoms with Crippen molar-refractivity contribution in [3.8, 4) is 0 Å². The molecular formula is C20H15F2NO3S. The van der Waals surface area contributed by atoms with E-state index in [2.05, 4.69) is 5.32 Å². The lowest BCUT2D eigenvalue weighted by molar-refractivity contribution is -0.119. The number of esters is 1. The first kappa shape index (κ1) is 18.8. The normalized spacial score (nSPS) is 10.8. The zero-order chi connectivity index (χ0) is 19.2. The molecule has 4 nitrogen and oxygen atoms in total. The van der Waals surface area contributed by atoms with E-state index in [1.54, 1.807) is 18.2 Å². The van der Waals surface area contributed by atoms with Gasteiger partial charge in [0, 0.05) is 16.0 Å². The second-order valence-corrected chi connectivity index (χ2v) is 6.56. The van der Waals surface area contributed by atoms with Crippen molar-refractivity contribution in [3.05, 3.63) is 72.3 Å². The van der Waals surface area contributed by atoms with Gasteiger partial charge in [-0.2, -0.15) is 8.78 Å². The molecule has 0 aliphatic carbocycles. The molecule has 0 radical (unpaired) electrons. The Bertz CT molecular complexity index is 973. The first-order valence-electron chi connectivity index (χ1n) is 8.03. The zero-order valence-electron chi connectivity index (χ0n) is 14.0. The van der Waals surface area contributed by atoms with Crippen molar-refractivity contribution in [2.75, 3.05) is 11.9 Å². The average molecular weight is 387 g/mol. The van der Waals surface area contributed by atoms with Gasteiger partial charge in [-0.3, -0.25) is 4.79 Å². The van der Waals surface area contributed by atoms with Crippen molar-refractivity contribution < 1.29 is 23.1 Å². The lowest BCUT2D eigenvalue weighted by Crippen LogP contribution is -2.21. The van der Waals surface area contributed by atoms with E-state index in [1.165, 1.54) is 12.1 Å². The molecule has 3 rings (SSSR count). The van der Waals surface area contributed by atoms with Crippen LogP contribution in [0.3, 0.4) is 0 Å². The maximum absolute atomic E-state index is 12.6. The van der Waals surface area contributed by atoms with Gasteiger partial charge in [0.15, 0.2) is 6.61 Å². The number of amides is 1. The number of benzene rings is 3. The summed E-state index contributed by atoms with van der Waals surface area (Å²) in [5.74, 6) is -4.00. The van der Waals surface area contributed by atoms with Gasteiger partial charge in [0.1, 0.15) is 0 Å². The second-order valence-electron chi connectivity index (χ2n) is 5.53. The largest absolute Gasteiger partial charge is 0.452 e. The molecule has 0 atom stereocenters. The van der Waals surface area contributed by atoms with Crippen LogP contribution >= 0.6 is 11.8 Å². The number of hydrogen-bond acceptors (Lipinski definition) is 4. The summed E-state index contributed by atoms with van der Waals surface area (Å²) in [6.07, 6.45) is 0. The summed E-state index contributed by atoms with van der Waals surface area (Å²) in [7, 11) is 0. The summed E-state index contributed by atoms with van der Waals surface area (Å²) < 4.78 is 30.2. The fourth-order valence-corrected chi connectivity index (χ4v) is 3.19. The summed E-state index contributed by atoms with van der Waals surface area (Å²) in [5, 5.41) is 4.52. The summed E-state index contributed by atoms with van der Waals surface area (Å²) in [6.45, 7) is -0.518. The van der Waals surface area contributed by atoms with Crippen LogP contribution in [0.4, 0.5) is 14.5 Å². The average Bonchev–Trinajstić information content (AvgIpc) is 2.66. The van der Waals surface area contributed by atoms with Crippen LogP contribution in [0.25, 0.3) is 10.8 Å². The van der Waals surface area contributed by atoms with Gasteiger partial charge in [-0.15, -0.1) is 0 Å². The molecule has 1 N–H and O–H groups in total. The monoisotopic (exact) mass is 387 g/mol. The molecule has 3 aromatic carbocycles. The molecule has 0 spiro atoms. The zero-order valence-corrected chi connectivity index (χ0v) is 14.8. The maximum atomic E-state index is 12.6. The molecule has 7 heteroatoms. The predicted octanol–water partition coefficient (Wildman–Crippen LogP) is 4.95. The van der Waals surface area contributed by atoms with E-state index in [9.17, 15) is 18.4 Å². The third-order valence-corrected chi connectivity index (χ3v) is 4.51. The van der Waals surface area contributed by atoms with Crippen molar-refractivity contribution in [1.29, 1.82) is 0 Å². The Morgan fingerprint density at radius 1 is 0.963 bits per heavy atom. The number of alkyl halides is 2. The fraction of sp³-hybridized carbons (Fsp3) is 0.100. The summed E-state index contributed by atoms with van der Waals surface area (Å²) in [5.41, 5.74) is 0.601. The van der Waals surface area contributed by atoms with Gasteiger partial charge in [0.2, 0.25) is 0 Å². The molecule has 0 saturated heterocycles. The van der Waals surface area contributed by atoms with E-state index in [1.807, 2.05) is 36.4 Å². The van der Waals surface area contributed by atoms with Crippen LogP contribution in [-0.2, 0) is 9.53 Å². The fourth-order valence-electron chi connectivity index (χ4n) is 2.56. The first-order chi connectivity index (χ1) is 13.0. The van der Waals surface area contributed by atoms with Crippen LogP contribution in [-0.4, -0.2) is 24.2 Å². The van der Waals surface area contributed by atoms with Crippen LogP contribution in [0.15, 0.2) is 71.6 Å². The molecule has 0 aliphatic heterocycles. The summed E-state index contributed by atoms with van der Waals surface area (Å²) >= 11 is 0.257. The van der Waals surface area contributed by atoms with Gasteiger partial charge >= 0.3 is 5.97 Å². The number of nitrogens with one attached hydrogen (secondary N) is 1. The number of carbonyl (C=O) groups excluding carboxylic acids is 2. The summed E-state index contributed by atoms with van der Waals surface area (Å²) in [4.78, 5) is 24.4. The highest BCUT2D eigenvalue weighted by molar-refractivity contribution is 7.99. The molecule has 3 aromatic rings. The first-order valence-corrected chi connectivity index (χ1v) is 8.91. The van der Waals surface area contributed by atoms with Gasteiger partial charge in [-0.1, -0.05) is 60.3 Å². The SMILES string of the molecule is O=C(COC(=O)c1ccccc1SC(F)F)Nc1cccc2ccccc12. The molecule has 0 saturated carbocycles. The molecule has 1 amide bonds. The Labute approximate surface area is 158 Å². The van der Waals surface area contributed by atoms with Crippen LogP contribution in [0.5, 0.6) is 0 Å². The Morgan fingerprint density at radius 2 is 1.67 bits per heavy atom. The molecule has 0 fully saturated rings.